The van der Waals surface area contributed by atoms with E-state index in [1.807, 2.05) is 6.07 Å². The van der Waals surface area contributed by atoms with E-state index in [9.17, 15) is 4.79 Å². The number of nitrogens with zero attached hydrogens (tertiary/aromatic N) is 1. The number of amides is 1. The van der Waals surface area contributed by atoms with Gasteiger partial charge < -0.3 is 25.4 Å². The number of carbonyl (C=O) groups is 1. The van der Waals surface area contributed by atoms with Crippen molar-refractivity contribution in [1.29, 1.82) is 0 Å². The number of likely N-dealkylation sites (tertiary alicyclic amines) is 1. The predicted octanol–water partition coefficient (Wildman–Crippen LogP) is 4.96. The summed E-state index contributed by atoms with van der Waals surface area (Å²) in [4.78, 5) is 15.0. The van der Waals surface area contributed by atoms with Gasteiger partial charge in [-0.3, -0.25) is 4.79 Å². The number of piperidine rings is 1. The number of nitrogen functional groups attached to an aromatic ring is 1. The zero-order valence-corrected chi connectivity index (χ0v) is 20.1. The quantitative estimate of drug-likeness (QED) is 0.377. The van der Waals surface area contributed by atoms with E-state index in [-0.39, 0.29) is 5.91 Å². The summed E-state index contributed by atoms with van der Waals surface area (Å²) in [6, 6.07) is 8.45. The van der Waals surface area contributed by atoms with Crippen molar-refractivity contribution in [2.45, 2.75) is 12.8 Å². The molecule has 1 radical (unpaired) electrons. The molecule has 1 aliphatic rings. The van der Waals surface area contributed by atoms with Gasteiger partial charge in [-0.1, -0.05) is 40.9 Å². The Kier molecular flexibility index (Phi) is 9.17. The molecule has 1 fully saturated rings. The van der Waals surface area contributed by atoms with Gasteiger partial charge >= 0.3 is 0 Å². The first-order valence-electron chi connectivity index (χ1n) is 10.4. The number of benzene rings is 2. The average Bonchev–Trinajstić information content (AvgIpc) is 2.80. The van der Waals surface area contributed by atoms with Crippen LogP contribution in [0.1, 0.15) is 23.2 Å². The van der Waals surface area contributed by atoms with Crippen LogP contribution in [0.5, 0.6) is 11.5 Å². The first-order chi connectivity index (χ1) is 15.4. The van der Waals surface area contributed by atoms with Crippen LogP contribution in [0.25, 0.3) is 0 Å². The number of hydrogen-bond donors (Lipinski definition) is 2. The first kappa shape index (κ1) is 24.8. The molecule has 0 spiro atoms. The van der Waals surface area contributed by atoms with Crippen LogP contribution in [0, 0.1) is 12.3 Å². The van der Waals surface area contributed by atoms with Crippen LogP contribution in [0.15, 0.2) is 30.3 Å². The number of anilines is 1. The number of carbonyl (C=O) groups excluding carboxylic acids is 1. The summed E-state index contributed by atoms with van der Waals surface area (Å²) in [7, 11) is 1.50. The van der Waals surface area contributed by atoms with Crippen molar-refractivity contribution in [3.8, 4) is 11.5 Å². The first-order valence-corrected chi connectivity index (χ1v) is 11.5. The van der Waals surface area contributed by atoms with Gasteiger partial charge in [0.15, 0.2) is 0 Å². The molecule has 32 heavy (non-hydrogen) atoms. The van der Waals surface area contributed by atoms with Crippen LogP contribution < -0.4 is 20.5 Å². The Morgan fingerprint density at radius 1 is 1.19 bits per heavy atom. The molecule has 2 aromatic carbocycles. The van der Waals surface area contributed by atoms with Gasteiger partial charge in [-0.05, 0) is 50.0 Å². The van der Waals surface area contributed by atoms with Gasteiger partial charge in [0.05, 0.1) is 35.0 Å². The van der Waals surface area contributed by atoms with Crippen molar-refractivity contribution in [3.05, 3.63) is 57.4 Å². The van der Waals surface area contributed by atoms with Gasteiger partial charge in [-0.15, -0.1) is 0 Å². The van der Waals surface area contributed by atoms with E-state index in [1.54, 1.807) is 24.3 Å². The number of halogens is 3. The average molecular weight is 500 g/mol. The van der Waals surface area contributed by atoms with Crippen LogP contribution >= 0.6 is 34.8 Å². The van der Waals surface area contributed by atoms with Crippen LogP contribution in [0.3, 0.4) is 0 Å². The Bertz CT molecular complexity index is 934. The van der Waals surface area contributed by atoms with Gasteiger partial charge in [0.1, 0.15) is 16.5 Å². The van der Waals surface area contributed by atoms with E-state index in [0.29, 0.717) is 56.9 Å². The van der Waals surface area contributed by atoms with Gasteiger partial charge in [-0.25, -0.2) is 0 Å². The second kappa shape index (κ2) is 11.8. The summed E-state index contributed by atoms with van der Waals surface area (Å²) in [5.41, 5.74) is 6.55. The molecular weight excluding hydrogens is 473 g/mol. The lowest BCUT2D eigenvalue weighted by atomic mass is 9.96. The van der Waals surface area contributed by atoms with Gasteiger partial charge in [0.25, 0.3) is 5.91 Å². The van der Waals surface area contributed by atoms with Crippen molar-refractivity contribution in [2.24, 2.45) is 5.92 Å². The Hall–Kier alpha value is -1.86. The molecule has 3 N–H and O–H groups in total. The molecule has 0 bridgehead atoms. The maximum atomic E-state index is 12.6. The largest absolute Gasteiger partial charge is 0.496 e. The number of methoxy groups -OCH3 is 1. The smallest absolute Gasteiger partial charge is 0.255 e. The van der Waals surface area contributed by atoms with Crippen LogP contribution in [-0.2, 0) is 0 Å². The lowest BCUT2D eigenvalue weighted by Gasteiger charge is -2.32. The summed E-state index contributed by atoms with van der Waals surface area (Å²) in [5.74, 6) is 1.21. The zero-order chi connectivity index (χ0) is 23.1. The molecule has 1 saturated heterocycles. The summed E-state index contributed by atoms with van der Waals surface area (Å²) < 4.78 is 11.0. The van der Waals surface area contributed by atoms with Crippen LogP contribution in [0.2, 0.25) is 15.1 Å². The number of nitrogens with two attached hydrogens (primary N) is 1. The fourth-order valence-corrected chi connectivity index (χ4v) is 4.11. The van der Waals surface area contributed by atoms with E-state index in [1.165, 1.54) is 7.11 Å². The Morgan fingerprint density at radius 3 is 2.66 bits per heavy atom. The normalized spacial score (nSPS) is 14.9. The van der Waals surface area contributed by atoms with Gasteiger partial charge in [0.2, 0.25) is 0 Å². The lowest BCUT2D eigenvalue weighted by Crippen LogP contribution is -2.39. The Labute approximate surface area is 203 Å². The summed E-state index contributed by atoms with van der Waals surface area (Å²) in [6.45, 7) is 3.83. The maximum absolute atomic E-state index is 12.6. The topological polar surface area (TPSA) is 76.8 Å². The molecule has 1 aliphatic heterocycles. The van der Waals surface area contributed by atoms with Crippen molar-refractivity contribution in [1.82, 2.24) is 10.2 Å². The highest BCUT2D eigenvalue weighted by Crippen LogP contribution is 2.31. The summed E-state index contributed by atoms with van der Waals surface area (Å²) in [5, 5.41) is 4.25. The number of hydrogen-bond acceptors (Lipinski definition) is 5. The SMILES string of the molecule is COc1cc(N)c(Cl)cc1C(=O)NCC1CCN(C[CH]COc2cccc(Cl)c2Cl)CC1. The van der Waals surface area contributed by atoms with E-state index in [4.69, 9.17) is 50.0 Å². The second-order valence-corrected chi connectivity index (χ2v) is 8.87. The molecule has 3 rings (SSSR count). The van der Waals surface area contributed by atoms with E-state index in [2.05, 4.69) is 16.6 Å². The molecular formula is C23H27Cl3N3O3. The Balaban J connectivity index is 1.37. The highest BCUT2D eigenvalue weighted by molar-refractivity contribution is 6.42. The van der Waals surface area contributed by atoms with Crippen molar-refractivity contribution in [3.63, 3.8) is 0 Å². The summed E-state index contributed by atoms with van der Waals surface area (Å²) in [6.07, 6.45) is 4.10. The standard InChI is InChI=1S/C23H27Cl3N3O3/c1-31-21-13-19(27)18(25)12-16(21)23(30)28-14-15-6-9-29(10-7-15)8-3-11-32-20-5-2-4-17(24)22(20)26/h2-5,12-13,15H,6-11,14,27H2,1H3,(H,28,30). The third-order valence-electron chi connectivity index (χ3n) is 5.48. The summed E-state index contributed by atoms with van der Waals surface area (Å²) >= 11 is 18.2. The minimum atomic E-state index is -0.212. The molecule has 1 amide bonds. The molecule has 0 atom stereocenters. The van der Waals surface area contributed by atoms with Gasteiger partial charge in [0, 0.05) is 25.6 Å². The van der Waals surface area contributed by atoms with E-state index < -0.39 is 0 Å². The molecule has 0 aromatic heterocycles. The van der Waals surface area contributed by atoms with Gasteiger partial charge in [-0.2, -0.15) is 0 Å². The predicted molar refractivity (Wildman–Crippen MR) is 130 cm³/mol. The monoisotopic (exact) mass is 498 g/mol. The minimum Gasteiger partial charge on any atom is -0.496 e. The fourth-order valence-electron chi connectivity index (χ4n) is 3.60. The number of nitrogens with one attached hydrogen (secondary N) is 1. The highest BCUT2D eigenvalue weighted by Gasteiger charge is 2.21. The van der Waals surface area contributed by atoms with E-state index >= 15 is 0 Å². The minimum absolute atomic E-state index is 0.212. The van der Waals surface area contributed by atoms with Crippen molar-refractivity contribution >= 4 is 46.4 Å². The van der Waals surface area contributed by atoms with Crippen molar-refractivity contribution in [2.75, 3.05) is 45.6 Å². The Morgan fingerprint density at radius 2 is 1.94 bits per heavy atom. The molecule has 6 nitrogen and oxygen atoms in total. The third kappa shape index (κ3) is 6.58. The molecule has 0 unspecified atom stereocenters. The molecule has 2 aromatic rings. The third-order valence-corrected chi connectivity index (χ3v) is 6.61. The fraction of sp³-hybridized carbons (Fsp3) is 0.391. The maximum Gasteiger partial charge on any atom is 0.255 e. The molecule has 173 valence electrons. The molecule has 9 heteroatoms. The van der Waals surface area contributed by atoms with E-state index in [0.717, 1.165) is 32.5 Å². The molecule has 1 heterocycles. The van der Waals surface area contributed by atoms with Crippen LogP contribution in [-0.4, -0.2) is 50.7 Å². The molecule has 0 aliphatic carbocycles. The van der Waals surface area contributed by atoms with Crippen molar-refractivity contribution < 1.29 is 14.3 Å². The molecule has 0 saturated carbocycles. The number of ether oxygens (including phenoxy) is 2. The van der Waals surface area contributed by atoms with Crippen LogP contribution in [0.4, 0.5) is 5.69 Å². The zero-order valence-electron chi connectivity index (χ0n) is 17.9. The highest BCUT2D eigenvalue weighted by atomic mass is 35.5. The lowest BCUT2D eigenvalue weighted by molar-refractivity contribution is 0.0934. The number of rotatable bonds is 9. The second-order valence-electron chi connectivity index (χ2n) is 7.68.